The molecule has 4 aromatic rings. The van der Waals surface area contributed by atoms with Crippen molar-refractivity contribution in [2.75, 3.05) is 18.4 Å². The van der Waals surface area contributed by atoms with Crippen LogP contribution in [-0.2, 0) is 0 Å². The van der Waals surface area contributed by atoms with Gasteiger partial charge in [0.1, 0.15) is 17.0 Å². The molecular formula is C22H18ClN5O4. The maximum absolute atomic E-state index is 12.9. The summed E-state index contributed by atoms with van der Waals surface area (Å²) in [5.41, 5.74) is 2.06. The first kappa shape index (κ1) is 21.3. The van der Waals surface area contributed by atoms with Crippen LogP contribution in [0.25, 0.3) is 22.0 Å². The van der Waals surface area contributed by atoms with Crippen molar-refractivity contribution in [1.29, 1.82) is 0 Å². The Balaban J connectivity index is 1.46. The summed E-state index contributed by atoms with van der Waals surface area (Å²) < 4.78 is 5.33. The molecule has 0 fully saturated rings. The van der Waals surface area contributed by atoms with Crippen molar-refractivity contribution in [3.63, 3.8) is 0 Å². The molecule has 162 valence electrons. The van der Waals surface area contributed by atoms with Gasteiger partial charge in [-0.25, -0.2) is 0 Å². The van der Waals surface area contributed by atoms with Crippen LogP contribution in [0.15, 0.2) is 59.4 Å². The first-order chi connectivity index (χ1) is 15.5. The fourth-order valence-corrected chi connectivity index (χ4v) is 3.62. The average molecular weight is 452 g/mol. The van der Waals surface area contributed by atoms with E-state index in [0.717, 1.165) is 16.3 Å². The third kappa shape index (κ3) is 4.23. The molecule has 1 amide bonds. The predicted molar refractivity (Wildman–Crippen MR) is 121 cm³/mol. The van der Waals surface area contributed by atoms with Gasteiger partial charge in [-0.3, -0.25) is 19.9 Å². The van der Waals surface area contributed by atoms with E-state index in [2.05, 4.69) is 20.8 Å². The molecule has 0 atom stereocenters. The van der Waals surface area contributed by atoms with Crippen LogP contribution >= 0.6 is 11.6 Å². The third-order valence-corrected chi connectivity index (χ3v) is 5.23. The van der Waals surface area contributed by atoms with Gasteiger partial charge in [0.2, 0.25) is 0 Å². The number of fused-ring (bicyclic) bond motifs is 1. The Hall–Kier alpha value is -3.98. The van der Waals surface area contributed by atoms with Crippen LogP contribution in [0.3, 0.4) is 0 Å². The molecule has 0 bridgehead atoms. The highest BCUT2D eigenvalue weighted by molar-refractivity contribution is 6.33. The summed E-state index contributed by atoms with van der Waals surface area (Å²) in [5.74, 6) is 0.0938. The molecule has 0 aliphatic carbocycles. The van der Waals surface area contributed by atoms with Gasteiger partial charge >= 0.3 is 0 Å². The number of nitrogens with one attached hydrogen (secondary N) is 2. The first-order valence-corrected chi connectivity index (χ1v) is 10.1. The van der Waals surface area contributed by atoms with E-state index >= 15 is 0 Å². The van der Waals surface area contributed by atoms with Gasteiger partial charge in [-0.1, -0.05) is 35.0 Å². The van der Waals surface area contributed by atoms with E-state index < -0.39 is 4.92 Å². The molecule has 2 aromatic heterocycles. The number of nitro benzene ring substituents is 1. The van der Waals surface area contributed by atoms with Crippen LogP contribution in [0, 0.1) is 17.0 Å². The number of carbonyl (C=O) groups excluding carboxylic acids is 1. The Morgan fingerprint density at radius 2 is 2.06 bits per heavy atom. The van der Waals surface area contributed by atoms with E-state index in [1.165, 1.54) is 18.2 Å². The number of nitro groups is 1. The van der Waals surface area contributed by atoms with Gasteiger partial charge in [0.05, 0.1) is 15.6 Å². The summed E-state index contributed by atoms with van der Waals surface area (Å²) in [6, 6.07) is 11.7. The van der Waals surface area contributed by atoms with Gasteiger partial charge in [-0.15, -0.1) is 0 Å². The molecule has 2 N–H and O–H groups in total. The zero-order valence-corrected chi connectivity index (χ0v) is 17.7. The molecule has 4 rings (SSSR count). The van der Waals surface area contributed by atoms with Crippen molar-refractivity contribution in [3.8, 4) is 11.3 Å². The van der Waals surface area contributed by atoms with Crippen molar-refractivity contribution in [2.24, 2.45) is 0 Å². The molecule has 0 radical (unpaired) electrons. The van der Waals surface area contributed by atoms with E-state index in [-0.39, 0.29) is 23.2 Å². The molecule has 9 nitrogen and oxygen atoms in total. The SMILES string of the molecule is Cc1onc(-c2cccc3cnccc23)c1C(=O)NCCNc1ccc([N+](=O)[O-])cc1Cl. The van der Waals surface area contributed by atoms with E-state index in [4.69, 9.17) is 16.1 Å². The van der Waals surface area contributed by atoms with Crippen molar-refractivity contribution in [2.45, 2.75) is 6.92 Å². The van der Waals surface area contributed by atoms with Crippen molar-refractivity contribution < 1.29 is 14.2 Å². The van der Waals surface area contributed by atoms with Crippen LogP contribution in [0.1, 0.15) is 16.1 Å². The first-order valence-electron chi connectivity index (χ1n) is 9.71. The predicted octanol–water partition coefficient (Wildman–Crippen LogP) is 4.60. The highest BCUT2D eigenvalue weighted by Gasteiger charge is 2.22. The summed E-state index contributed by atoms with van der Waals surface area (Å²) >= 11 is 6.07. The number of amides is 1. The summed E-state index contributed by atoms with van der Waals surface area (Å²) in [6.07, 6.45) is 3.44. The molecule has 0 spiro atoms. The lowest BCUT2D eigenvalue weighted by Crippen LogP contribution is -2.29. The van der Waals surface area contributed by atoms with Crippen LogP contribution < -0.4 is 10.6 Å². The Kier molecular flexibility index (Phi) is 6.00. The summed E-state index contributed by atoms with van der Waals surface area (Å²) in [5, 5.41) is 22.9. The molecule has 2 aromatic carbocycles. The largest absolute Gasteiger partial charge is 0.382 e. The van der Waals surface area contributed by atoms with E-state index in [1.54, 1.807) is 19.3 Å². The lowest BCUT2D eigenvalue weighted by atomic mass is 10.00. The van der Waals surface area contributed by atoms with Gasteiger partial charge in [0.25, 0.3) is 11.6 Å². The molecule has 0 saturated carbocycles. The van der Waals surface area contributed by atoms with E-state index in [0.29, 0.717) is 29.2 Å². The number of nitrogens with zero attached hydrogens (tertiary/aromatic N) is 3. The Morgan fingerprint density at radius 1 is 1.22 bits per heavy atom. The van der Waals surface area contributed by atoms with E-state index in [1.807, 2.05) is 24.3 Å². The zero-order chi connectivity index (χ0) is 22.7. The number of halogens is 1. The fourth-order valence-electron chi connectivity index (χ4n) is 3.37. The maximum Gasteiger partial charge on any atom is 0.271 e. The zero-order valence-electron chi connectivity index (χ0n) is 17.0. The number of aromatic nitrogens is 2. The highest BCUT2D eigenvalue weighted by Crippen LogP contribution is 2.31. The molecule has 2 heterocycles. The normalized spacial score (nSPS) is 10.8. The summed E-state index contributed by atoms with van der Waals surface area (Å²) in [7, 11) is 0. The lowest BCUT2D eigenvalue weighted by molar-refractivity contribution is -0.384. The number of non-ortho nitro benzene ring substituents is 1. The van der Waals surface area contributed by atoms with Crippen molar-refractivity contribution in [1.82, 2.24) is 15.5 Å². The molecule has 0 unspecified atom stereocenters. The molecule has 32 heavy (non-hydrogen) atoms. The van der Waals surface area contributed by atoms with E-state index in [9.17, 15) is 14.9 Å². The van der Waals surface area contributed by atoms with Crippen LogP contribution in [0.4, 0.5) is 11.4 Å². The van der Waals surface area contributed by atoms with Gasteiger partial charge in [0, 0.05) is 48.6 Å². The number of rotatable bonds is 7. The summed E-state index contributed by atoms with van der Waals surface area (Å²) in [4.78, 5) is 27.3. The molecular weight excluding hydrogens is 434 g/mol. The van der Waals surface area contributed by atoms with Crippen molar-refractivity contribution in [3.05, 3.63) is 81.3 Å². The number of benzene rings is 2. The minimum absolute atomic E-state index is 0.0893. The third-order valence-electron chi connectivity index (χ3n) is 4.92. The number of hydrogen-bond acceptors (Lipinski definition) is 7. The number of pyridine rings is 1. The fraction of sp³-hybridized carbons (Fsp3) is 0.136. The lowest BCUT2D eigenvalue weighted by Gasteiger charge is -2.10. The summed E-state index contributed by atoms with van der Waals surface area (Å²) in [6.45, 7) is 2.34. The van der Waals surface area contributed by atoms with Gasteiger partial charge in [-0.2, -0.15) is 0 Å². The minimum Gasteiger partial charge on any atom is -0.382 e. The second-order valence-corrected chi connectivity index (χ2v) is 7.38. The molecule has 0 aliphatic rings. The second kappa shape index (κ2) is 9.03. The van der Waals surface area contributed by atoms with Gasteiger partial charge in [-0.05, 0) is 24.4 Å². The van der Waals surface area contributed by atoms with Crippen LogP contribution in [0.2, 0.25) is 5.02 Å². The minimum atomic E-state index is -0.513. The van der Waals surface area contributed by atoms with Crippen molar-refractivity contribution >= 4 is 39.7 Å². The standard InChI is InChI=1S/C22H18ClN5O4/c1-13-20(21(27-32-13)17-4-2-3-14-12-24-8-7-16(14)17)22(29)26-10-9-25-19-6-5-15(28(30)31)11-18(19)23/h2-8,11-12,25H,9-10H2,1H3,(H,26,29). The number of carbonyl (C=O) groups is 1. The second-order valence-electron chi connectivity index (χ2n) is 6.97. The Bertz CT molecular complexity index is 1320. The van der Waals surface area contributed by atoms with Crippen LogP contribution in [0.5, 0.6) is 0 Å². The van der Waals surface area contributed by atoms with Gasteiger partial charge in [0.15, 0.2) is 0 Å². The van der Waals surface area contributed by atoms with Gasteiger partial charge < -0.3 is 15.2 Å². The highest BCUT2D eigenvalue weighted by atomic mass is 35.5. The number of aryl methyl sites for hydroxylation is 1. The quantitative estimate of drug-likeness (QED) is 0.239. The monoisotopic (exact) mass is 451 g/mol. The molecule has 0 aliphatic heterocycles. The van der Waals surface area contributed by atoms with Crippen LogP contribution in [-0.4, -0.2) is 34.1 Å². The average Bonchev–Trinajstić information content (AvgIpc) is 3.18. The molecule has 0 saturated heterocycles. The topological polar surface area (TPSA) is 123 Å². The number of hydrogen-bond donors (Lipinski definition) is 2. The Morgan fingerprint density at radius 3 is 2.84 bits per heavy atom. The maximum atomic E-state index is 12.9. The smallest absolute Gasteiger partial charge is 0.271 e. The molecule has 10 heteroatoms. The Labute approximate surface area is 187 Å². The number of anilines is 1.